The van der Waals surface area contributed by atoms with Crippen molar-refractivity contribution in [2.75, 3.05) is 13.2 Å². The van der Waals surface area contributed by atoms with E-state index < -0.39 is 67.4 Å². The van der Waals surface area contributed by atoms with Crippen molar-refractivity contribution in [2.24, 2.45) is 0 Å². The van der Waals surface area contributed by atoms with Crippen LogP contribution in [0.4, 0.5) is 0 Å². The predicted octanol–water partition coefficient (Wildman–Crippen LogP) is 10.4. The van der Waals surface area contributed by atoms with Crippen molar-refractivity contribution in [3.8, 4) is 0 Å². The number of hydrogen-bond donors (Lipinski definition) is 6. The first kappa shape index (κ1) is 61.1. The topological polar surface area (TPSA) is 175 Å². The van der Waals surface area contributed by atoms with Crippen molar-refractivity contribution in [3.63, 3.8) is 0 Å². The maximum absolute atomic E-state index is 13.3. The highest BCUT2D eigenvalue weighted by Crippen LogP contribution is 2.26. The molecule has 1 amide bonds. The monoisotopic (exact) mass is 936 g/mol. The van der Waals surface area contributed by atoms with Gasteiger partial charge < -0.3 is 45.1 Å². The summed E-state index contributed by atoms with van der Waals surface area (Å²) in [5.74, 6) is -1.33. The van der Waals surface area contributed by atoms with Crippen LogP contribution >= 0.6 is 0 Å². The Balaban J connectivity index is 2.89. The second-order valence-corrected chi connectivity index (χ2v) is 17.0. The van der Waals surface area contributed by atoms with E-state index in [9.17, 15) is 35.1 Å². The summed E-state index contributed by atoms with van der Waals surface area (Å²) >= 11 is 0. The van der Waals surface area contributed by atoms with E-state index in [-0.39, 0.29) is 19.4 Å². The van der Waals surface area contributed by atoms with Gasteiger partial charge in [-0.1, -0.05) is 213 Å². The van der Waals surface area contributed by atoms with Crippen LogP contribution < -0.4 is 5.32 Å². The van der Waals surface area contributed by atoms with Crippen LogP contribution in [0.1, 0.15) is 156 Å². The van der Waals surface area contributed by atoms with Crippen LogP contribution in [0.5, 0.6) is 0 Å². The Bertz CT molecular complexity index is 1540. The van der Waals surface area contributed by atoms with Crippen molar-refractivity contribution in [2.45, 2.75) is 205 Å². The second-order valence-electron chi connectivity index (χ2n) is 17.0. The molecule has 6 N–H and O–H groups in total. The third-order valence-corrected chi connectivity index (χ3v) is 11.1. The molecule has 0 saturated carbocycles. The van der Waals surface area contributed by atoms with Crippen LogP contribution in [0.3, 0.4) is 0 Å². The molecular weight excluding hydrogens is 847 g/mol. The zero-order chi connectivity index (χ0) is 49.0. The quantitative estimate of drug-likeness (QED) is 0.0151. The Morgan fingerprint density at radius 3 is 1.61 bits per heavy atom. The van der Waals surface area contributed by atoms with Gasteiger partial charge in [0.15, 0.2) is 12.4 Å². The minimum atomic E-state index is -1.65. The van der Waals surface area contributed by atoms with Crippen molar-refractivity contribution in [1.82, 2.24) is 5.32 Å². The Morgan fingerprint density at radius 1 is 0.597 bits per heavy atom. The lowest BCUT2D eigenvalue weighted by Crippen LogP contribution is -2.61. The van der Waals surface area contributed by atoms with Gasteiger partial charge in [0.05, 0.1) is 25.4 Å². The van der Waals surface area contributed by atoms with Crippen molar-refractivity contribution >= 4 is 11.9 Å². The van der Waals surface area contributed by atoms with E-state index in [0.717, 1.165) is 57.8 Å². The average Bonchev–Trinajstić information content (AvgIpc) is 3.32. The number of rotatable bonds is 39. The van der Waals surface area contributed by atoms with E-state index in [1.165, 1.54) is 51.4 Å². The number of carbonyl (C=O) groups is 2. The third-order valence-electron chi connectivity index (χ3n) is 11.1. The summed E-state index contributed by atoms with van der Waals surface area (Å²) in [7, 11) is 0. The molecular formula is C56H89NO10. The number of carbonyl (C=O) groups excluding carboxylic acids is 2. The Hall–Kier alpha value is -3.94. The van der Waals surface area contributed by atoms with E-state index >= 15 is 0 Å². The SMILES string of the molecule is CC/C=C/C=C/C=C\C=C/C=C/CCC(O)C(=O)NC(COC1OC(CO)C(O)C(O)C1OC(=O)CCCCC\C=C/C=C\C=C\C=C\CC)C(O)/C=C/CCCCCCCCCCCCC. The number of esters is 1. The Labute approximate surface area is 404 Å². The van der Waals surface area contributed by atoms with Gasteiger partial charge in [-0.25, -0.2) is 0 Å². The summed E-state index contributed by atoms with van der Waals surface area (Å²) in [4.78, 5) is 26.3. The fourth-order valence-electron chi connectivity index (χ4n) is 7.04. The number of amides is 1. The van der Waals surface area contributed by atoms with Gasteiger partial charge >= 0.3 is 5.97 Å². The molecule has 0 aliphatic carbocycles. The summed E-state index contributed by atoms with van der Waals surface area (Å²) in [6.07, 6.45) is 48.4. The molecule has 0 aromatic carbocycles. The molecule has 1 aliphatic rings. The Morgan fingerprint density at radius 2 is 1.07 bits per heavy atom. The second kappa shape index (κ2) is 43.3. The molecule has 0 aromatic heterocycles. The number of nitrogens with one attached hydrogen (secondary N) is 1. The first-order valence-electron chi connectivity index (χ1n) is 25.4. The molecule has 0 bridgehead atoms. The molecule has 378 valence electrons. The molecule has 67 heavy (non-hydrogen) atoms. The molecule has 11 heteroatoms. The summed E-state index contributed by atoms with van der Waals surface area (Å²) in [5, 5.41) is 56.4. The molecule has 11 nitrogen and oxygen atoms in total. The van der Waals surface area contributed by atoms with Crippen LogP contribution in [0.2, 0.25) is 0 Å². The highest BCUT2D eigenvalue weighted by atomic mass is 16.7. The van der Waals surface area contributed by atoms with Crippen LogP contribution in [0.15, 0.2) is 122 Å². The van der Waals surface area contributed by atoms with E-state index in [1.807, 2.05) is 97.2 Å². The molecule has 8 unspecified atom stereocenters. The van der Waals surface area contributed by atoms with E-state index in [2.05, 4.69) is 44.3 Å². The number of hydrogen-bond acceptors (Lipinski definition) is 10. The number of ether oxygens (including phenoxy) is 3. The fraction of sp³-hybridized carbons (Fsp3) is 0.607. The van der Waals surface area contributed by atoms with Gasteiger partial charge in [0, 0.05) is 6.42 Å². The van der Waals surface area contributed by atoms with E-state index in [0.29, 0.717) is 12.8 Å². The van der Waals surface area contributed by atoms with Gasteiger partial charge in [0.25, 0.3) is 0 Å². The molecule has 0 spiro atoms. The first-order chi connectivity index (χ1) is 32.7. The van der Waals surface area contributed by atoms with Gasteiger partial charge in [0.1, 0.15) is 24.4 Å². The highest BCUT2D eigenvalue weighted by Gasteiger charge is 2.47. The third kappa shape index (κ3) is 32.4. The van der Waals surface area contributed by atoms with Crippen LogP contribution in [-0.2, 0) is 23.8 Å². The number of unbranched alkanes of at least 4 members (excludes halogenated alkanes) is 14. The van der Waals surface area contributed by atoms with Gasteiger partial charge in [-0.2, -0.15) is 0 Å². The van der Waals surface area contributed by atoms with Gasteiger partial charge in [-0.15, -0.1) is 0 Å². The largest absolute Gasteiger partial charge is 0.454 e. The molecule has 1 aliphatic heterocycles. The number of aliphatic hydroxyl groups is 5. The Kier molecular flexibility index (Phi) is 39.5. The molecule has 1 heterocycles. The lowest BCUT2D eigenvalue weighted by molar-refractivity contribution is -0.305. The van der Waals surface area contributed by atoms with E-state index in [1.54, 1.807) is 6.08 Å². The lowest BCUT2D eigenvalue weighted by Gasteiger charge is -2.41. The van der Waals surface area contributed by atoms with Gasteiger partial charge in [0.2, 0.25) is 5.91 Å². The predicted molar refractivity (Wildman–Crippen MR) is 273 cm³/mol. The minimum absolute atomic E-state index is 0.0612. The zero-order valence-corrected chi connectivity index (χ0v) is 41.2. The summed E-state index contributed by atoms with van der Waals surface area (Å²) in [5.41, 5.74) is 0. The maximum atomic E-state index is 13.3. The molecule has 1 fully saturated rings. The van der Waals surface area contributed by atoms with Crippen LogP contribution in [-0.4, -0.2) is 99.6 Å². The van der Waals surface area contributed by atoms with Crippen LogP contribution in [0.25, 0.3) is 0 Å². The summed E-state index contributed by atoms with van der Waals surface area (Å²) in [6.45, 7) is 5.37. The van der Waals surface area contributed by atoms with Crippen molar-refractivity contribution in [1.29, 1.82) is 0 Å². The summed E-state index contributed by atoms with van der Waals surface area (Å²) in [6, 6.07) is -1.08. The number of aliphatic hydroxyl groups excluding tert-OH is 5. The maximum Gasteiger partial charge on any atom is 0.306 e. The van der Waals surface area contributed by atoms with Gasteiger partial charge in [-0.3, -0.25) is 9.59 Å². The smallest absolute Gasteiger partial charge is 0.306 e. The molecule has 0 radical (unpaired) electrons. The highest BCUT2D eigenvalue weighted by molar-refractivity contribution is 5.80. The molecule has 8 atom stereocenters. The van der Waals surface area contributed by atoms with E-state index in [4.69, 9.17) is 14.2 Å². The van der Waals surface area contributed by atoms with Gasteiger partial charge in [-0.05, 0) is 57.8 Å². The lowest BCUT2D eigenvalue weighted by atomic mass is 9.99. The van der Waals surface area contributed by atoms with Crippen molar-refractivity contribution in [3.05, 3.63) is 122 Å². The normalized spacial score (nSPS) is 21.1. The fourth-order valence-corrected chi connectivity index (χ4v) is 7.04. The first-order valence-corrected chi connectivity index (χ1v) is 25.4. The standard InChI is InChI=1S/C56H89NO10/c1-4-7-10-13-16-19-22-25-28-30-33-36-39-42-48(59)47(57-55(64)49(60)43-40-37-34-31-27-24-21-18-15-12-9-6-3)46-65-56-54(53(63)52(62)50(45-58)66-56)67-51(61)44-41-38-35-32-29-26-23-20-17-14-11-8-5-2/h8-9,11-12,14-15,17-18,20-21,23-24,26-27,29,31,34,37,39,42,47-50,52-54,56,58-60,62-63H,4-7,10,13,16,19,22,25,28,30,32-33,35-36,38,40-41,43-46H2,1-3H3,(H,57,64)/b11-8+,12-9+,17-14+,18-15+,23-20-,24-21-,29-26-,31-27-,37-34+,42-39+. The molecule has 1 rings (SSSR count). The average molecular weight is 936 g/mol. The number of allylic oxidation sites excluding steroid dienone is 19. The molecule has 1 saturated heterocycles. The zero-order valence-electron chi connectivity index (χ0n) is 41.2. The summed E-state index contributed by atoms with van der Waals surface area (Å²) < 4.78 is 17.4. The van der Waals surface area contributed by atoms with Crippen LogP contribution in [0, 0.1) is 0 Å². The van der Waals surface area contributed by atoms with Crippen molar-refractivity contribution < 1.29 is 49.3 Å². The molecule has 0 aromatic rings. The minimum Gasteiger partial charge on any atom is -0.454 e.